The van der Waals surface area contributed by atoms with Crippen molar-refractivity contribution in [2.24, 2.45) is 0 Å². The minimum Gasteiger partial charge on any atom is -0.488 e. The largest absolute Gasteiger partial charge is 0.488 e. The summed E-state index contributed by atoms with van der Waals surface area (Å²) < 4.78 is 31.6. The monoisotopic (exact) mass is 242 g/mol. The summed E-state index contributed by atoms with van der Waals surface area (Å²) in [4.78, 5) is 0. The fourth-order valence-electron chi connectivity index (χ4n) is 1.71. The van der Waals surface area contributed by atoms with Gasteiger partial charge in [-0.25, -0.2) is 4.39 Å². The highest BCUT2D eigenvalue weighted by molar-refractivity contribution is 5.25. The van der Waals surface area contributed by atoms with Gasteiger partial charge in [0.15, 0.2) is 11.6 Å². The van der Waals surface area contributed by atoms with E-state index in [1.54, 1.807) is 0 Å². The van der Waals surface area contributed by atoms with Crippen LogP contribution in [0.3, 0.4) is 0 Å². The molecule has 0 aliphatic carbocycles. The van der Waals surface area contributed by atoms with Crippen LogP contribution in [-0.4, -0.2) is 6.10 Å². The Hall–Kier alpha value is -1.12. The topological polar surface area (TPSA) is 9.23 Å². The summed E-state index contributed by atoms with van der Waals surface area (Å²) in [5, 5.41) is 0. The molecule has 0 bridgehead atoms. The molecule has 1 rings (SSSR count). The van der Waals surface area contributed by atoms with Crippen LogP contribution in [0.4, 0.5) is 8.78 Å². The van der Waals surface area contributed by atoms with Gasteiger partial charge in [0.05, 0.1) is 6.10 Å². The van der Waals surface area contributed by atoms with Crippen molar-refractivity contribution in [3.05, 3.63) is 29.8 Å². The highest BCUT2D eigenvalue weighted by Gasteiger charge is 2.11. The predicted molar refractivity (Wildman–Crippen MR) is 65.2 cm³/mol. The summed E-state index contributed by atoms with van der Waals surface area (Å²) in [5.41, 5.74) is 0. The zero-order valence-corrected chi connectivity index (χ0v) is 10.5. The maximum absolute atomic E-state index is 13.3. The molecule has 0 spiro atoms. The molecule has 1 atom stereocenters. The van der Waals surface area contributed by atoms with Crippen LogP contribution in [0.25, 0.3) is 0 Å². The van der Waals surface area contributed by atoms with Gasteiger partial charge in [-0.2, -0.15) is 4.39 Å². The molecule has 0 N–H and O–H groups in total. The van der Waals surface area contributed by atoms with E-state index in [4.69, 9.17) is 4.74 Å². The lowest BCUT2D eigenvalue weighted by Crippen LogP contribution is -2.12. The van der Waals surface area contributed by atoms with E-state index in [-0.39, 0.29) is 11.9 Å². The van der Waals surface area contributed by atoms with Gasteiger partial charge in [0.1, 0.15) is 0 Å². The standard InChI is InChI=1S/C14H20F2O/c1-3-4-5-6-8-11(2)17-13-10-7-9-12(15)14(13)16/h7,9-11H,3-6,8H2,1-2H3/t11-/m0/s1. The first-order chi connectivity index (χ1) is 8.15. The molecular formula is C14H20F2O. The Kier molecular flexibility index (Phi) is 5.95. The molecule has 0 heterocycles. The van der Waals surface area contributed by atoms with Gasteiger partial charge < -0.3 is 4.74 Å². The van der Waals surface area contributed by atoms with Crippen molar-refractivity contribution in [1.82, 2.24) is 0 Å². The number of rotatable bonds is 7. The second kappa shape index (κ2) is 7.25. The molecule has 1 nitrogen and oxygen atoms in total. The summed E-state index contributed by atoms with van der Waals surface area (Å²) in [6.07, 6.45) is 5.41. The average Bonchev–Trinajstić information content (AvgIpc) is 2.31. The van der Waals surface area contributed by atoms with Crippen LogP contribution in [0, 0.1) is 11.6 Å². The van der Waals surface area contributed by atoms with Gasteiger partial charge in [-0.3, -0.25) is 0 Å². The minimum absolute atomic E-state index is 0.00740. The average molecular weight is 242 g/mol. The summed E-state index contributed by atoms with van der Waals surface area (Å²) >= 11 is 0. The third-order valence-electron chi connectivity index (χ3n) is 2.71. The van der Waals surface area contributed by atoms with Gasteiger partial charge in [-0.05, 0) is 31.9 Å². The van der Waals surface area contributed by atoms with Crippen LogP contribution in [0.15, 0.2) is 18.2 Å². The lowest BCUT2D eigenvalue weighted by atomic mass is 10.1. The van der Waals surface area contributed by atoms with Crippen LogP contribution in [0.2, 0.25) is 0 Å². The predicted octanol–water partition coefficient (Wildman–Crippen LogP) is 4.70. The van der Waals surface area contributed by atoms with Crippen LogP contribution in [0.5, 0.6) is 5.75 Å². The van der Waals surface area contributed by atoms with E-state index in [1.165, 1.54) is 25.0 Å². The van der Waals surface area contributed by atoms with Gasteiger partial charge in [0.2, 0.25) is 5.82 Å². The number of benzene rings is 1. The Morgan fingerprint density at radius 1 is 1.18 bits per heavy atom. The summed E-state index contributed by atoms with van der Waals surface area (Å²) in [6.45, 7) is 4.04. The van der Waals surface area contributed by atoms with E-state index in [1.807, 2.05) is 6.92 Å². The van der Waals surface area contributed by atoms with Crippen molar-refractivity contribution in [2.75, 3.05) is 0 Å². The number of ether oxygens (including phenoxy) is 1. The van der Waals surface area contributed by atoms with E-state index >= 15 is 0 Å². The maximum Gasteiger partial charge on any atom is 0.200 e. The van der Waals surface area contributed by atoms with Crippen molar-refractivity contribution in [1.29, 1.82) is 0 Å². The number of halogens is 2. The van der Waals surface area contributed by atoms with Crippen LogP contribution < -0.4 is 4.74 Å². The molecule has 96 valence electrons. The van der Waals surface area contributed by atoms with Gasteiger partial charge in [0.25, 0.3) is 0 Å². The molecule has 0 unspecified atom stereocenters. The van der Waals surface area contributed by atoms with E-state index in [0.717, 1.165) is 25.3 Å². The zero-order chi connectivity index (χ0) is 12.7. The zero-order valence-electron chi connectivity index (χ0n) is 10.5. The van der Waals surface area contributed by atoms with Crippen LogP contribution in [-0.2, 0) is 0 Å². The Morgan fingerprint density at radius 3 is 2.65 bits per heavy atom. The maximum atomic E-state index is 13.3. The second-order valence-corrected chi connectivity index (χ2v) is 4.33. The number of hydrogen-bond donors (Lipinski definition) is 0. The number of hydrogen-bond acceptors (Lipinski definition) is 1. The van der Waals surface area contributed by atoms with Gasteiger partial charge in [0, 0.05) is 0 Å². The first-order valence-electron chi connectivity index (χ1n) is 6.25. The first-order valence-corrected chi connectivity index (χ1v) is 6.25. The lowest BCUT2D eigenvalue weighted by Gasteiger charge is -2.15. The molecule has 0 fully saturated rings. The quantitative estimate of drug-likeness (QED) is 0.629. The Labute approximate surface area is 102 Å². The molecular weight excluding hydrogens is 222 g/mol. The van der Waals surface area contributed by atoms with Gasteiger partial charge in [-0.1, -0.05) is 32.3 Å². The fraction of sp³-hybridized carbons (Fsp3) is 0.571. The van der Waals surface area contributed by atoms with E-state index in [0.29, 0.717) is 0 Å². The molecule has 0 radical (unpaired) electrons. The molecule has 0 amide bonds. The smallest absolute Gasteiger partial charge is 0.200 e. The lowest BCUT2D eigenvalue weighted by molar-refractivity contribution is 0.195. The third-order valence-corrected chi connectivity index (χ3v) is 2.71. The second-order valence-electron chi connectivity index (χ2n) is 4.33. The SMILES string of the molecule is CCCCCC[C@H](C)Oc1cccc(F)c1F. The van der Waals surface area contributed by atoms with Crippen LogP contribution >= 0.6 is 0 Å². The Bertz CT molecular complexity index is 339. The first kappa shape index (κ1) is 13.9. The van der Waals surface area contributed by atoms with Crippen molar-refractivity contribution in [3.8, 4) is 5.75 Å². The van der Waals surface area contributed by atoms with E-state index in [2.05, 4.69) is 6.92 Å². The van der Waals surface area contributed by atoms with Crippen molar-refractivity contribution in [3.63, 3.8) is 0 Å². The molecule has 1 aromatic rings. The van der Waals surface area contributed by atoms with Gasteiger partial charge >= 0.3 is 0 Å². The molecule has 17 heavy (non-hydrogen) atoms. The van der Waals surface area contributed by atoms with Crippen LogP contribution in [0.1, 0.15) is 46.0 Å². The molecule has 0 saturated heterocycles. The third kappa shape index (κ3) is 4.72. The van der Waals surface area contributed by atoms with Crippen molar-refractivity contribution < 1.29 is 13.5 Å². The number of unbranched alkanes of at least 4 members (excludes halogenated alkanes) is 3. The van der Waals surface area contributed by atoms with E-state index < -0.39 is 11.6 Å². The van der Waals surface area contributed by atoms with Gasteiger partial charge in [-0.15, -0.1) is 0 Å². The molecule has 0 aromatic heterocycles. The Balaban J connectivity index is 2.39. The van der Waals surface area contributed by atoms with E-state index in [9.17, 15) is 8.78 Å². The molecule has 1 aromatic carbocycles. The normalized spacial score (nSPS) is 12.5. The Morgan fingerprint density at radius 2 is 1.94 bits per heavy atom. The van der Waals surface area contributed by atoms with Crippen molar-refractivity contribution in [2.45, 2.75) is 52.1 Å². The molecule has 3 heteroatoms. The minimum atomic E-state index is -0.895. The highest BCUT2D eigenvalue weighted by Crippen LogP contribution is 2.21. The fourth-order valence-corrected chi connectivity index (χ4v) is 1.71. The van der Waals surface area contributed by atoms with Crippen molar-refractivity contribution >= 4 is 0 Å². The summed E-state index contributed by atoms with van der Waals surface area (Å²) in [7, 11) is 0. The molecule has 0 saturated carbocycles. The highest BCUT2D eigenvalue weighted by atomic mass is 19.2. The molecule has 0 aliphatic heterocycles. The summed E-state index contributed by atoms with van der Waals surface area (Å²) in [6, 6.07) is 4.01. The summed E-state index contributed by atoms with van der Waals surface area (Å²) in [5.74, 6) is -1.75. The molecule has 0 aliphatic rings.